The number of hydrogen-bond acceptors (Lipinski definition) is 5. The van der Waals surface area contributed by atoms with Crippen LogP contribution in [0.5, 0.6) is 0 Å². The Balaban J connectivity index is 2.33. The highest BCUT2D eigenvalue weighted by atomic mass is 32.2. The van der Waals surface area contributed by atoms with Crippen molar-refractivity contribution < 1.29 is 16.8 Å². The fourth-order valence-corrected chi connectivity index (χ4v) is 5.71. The minimum atomic E-state index is -3.68. The van der Waals surface area contributed by atoms with Gasteiger partial charge in [0, 0.05) is 25.0 Å². The Labute approximate surface area is 113 Å². The molecule has 0 aromatic carbocycles. The van der Waals surface area contributed by atoms with Crippen molar-refractivity contribution in [1.29, 1.82) is 0 Å². The van der Waals surface area contributed by atoms with E-state index < -0.39 is 25.9 Å². The molecule has 0 spiro atoms. The summed E-state index contributed by atoms with van der Waals surface area (Å²) >= 11 is 0. The Morgan fingerprint density at radius 1 is 1.47 bits per heavy atom. The van der Waals surface area contributed by atoms with Crippen LogP contribution >= 0.6 is 0 Å². The zero-order valence-electron chi connectivity index (χ0n) is 10.6. The topological polar surface area (TPSA) is 84.4 Å². The fourth-order valence-electron chi connectivity index (χ4n) is 2.26. The van der Waals surface area contributed by atoms with Gasteiger partial charge >= 0.3 is 0 Å². The molecule has 2 rings (SSSR count). The number of sulfone groups is 1. The minimum absolute atomic E-state index is 0.0523. The average molecular weight is 304 g/mol. The van der Waals surface area contributed by atoms with Crippen LogP contribution in [0.2, 0.25) is 0 Å². The molecule has 0 amide bonds. The number of rotatable bonds is 4. The van der Waals surface area contributed by atoms with Gasteiger partial charge in [0.15, 0.2) is 9.84 Å². The van der Waals surface area contributed by atoms with Crippen LogP contribution in [0, 0.1) is 0 Å². The molecule has 106 valence electrons. The first kappa shape index (κ1) is 14.4. The molecule has 0 bridgehead atoms. The van der Waals surface area contributed by atoms with Gasteiger partial charge in [-0.25, -0.2) is 16.8 Å². The van der Waals surface area contributed by atoms with Crippen molar-refractivity contribution in [2.24, 2.45) is 0 Å². The second kappa shape index (κ2) is 5.18. The smallest absolute Gasteiger partial charge is 0.244 e. The van der Waals surface area contributed by atoms with E-state index in [1.165, 1.54) is 22.8 Å². The van der Waals surface area contributed by atoms with E-state index in [9.17, 15) is 16.8 Å². The Kier molecular flexibility index (Phi) is 3.93. The van der Waals surface area contributed by atoms with Crippen LogP contribution in [0.15, 0.2) is 29.4 Å². The number of pyridine rings is 1. The molecule has 1 fully saturated rings. The SMILES string of the molecule is CCN([C@@H]1CCS(=O)(=O)C1)S(=O)(=O)c1cccnc1. The third-order valence-electron chi connectivity index (χ3n) is 3.17. The van der Waals surface area contributed by atoms with Crippen molar-refractivity contribution in [2.75, 3.05) is 18.1 Å². The molecular formula is C11H16N2O4S2. The van der Waals surface area contributed by atoms with Crippen LogP contribution in [-0.2, 0) is 19.9 Å². The molecule has 1 saturated heterocycles. The van der Waals surface area contributed by atoms with Gasteiger partial charge in [0.05, 0.1) is 11.5 Å². The lowest BCUT2D eigenvalue weighted by Crippen LogP contribution is -2.40. The maximum atomic E-state index is 12.5. The molecule has 2 heterocycles. The van der Waals surface area contributed by atoms with E-state index in [4.69, 9.17) is 0 Å². The van der Waals surface area contributed by atoms with Crippen molar-refractivity contribution in [3.8, 4) is 0 Å². The summed E-state index contributed by atoms with van der Waals surface area (Å²) in [6.07, 6.45) is 3.13. The van der Waals surface area contributed by atoms with Gasteiger partial charge in [-0.1, -0.05) is 6.92 Å². The van der Waals surface area contributed by atoms with Crippen molar-refractivity contribution in [3.63, 3.8) is 0 Å². The molecule has 1 atom stereocenters. The van der Waals surface area contributed by atoms with Crippen molar-refractivity contribution in [3.05, 3.63) is 24.5 Å². The van der Waals surface area contributed by atoms with E-state index in [1.807, 2.05) is 0 Å². The highest BCUT2D eigenvalue weighted by molar-refractivity contribution is 7.92. The van der Waals surface area contributed by atoms with E-state index in [2.05, 4.69) is 4.98 Å². The molecule has 1 aromatic heterocycles. The fraction of sp³-hybridized carbons (Fsp3) is 0.545. The summed E-state index contributed by atoms with van der Waals surface area (Å²) in [5.41, 5.74) is 0. The summed E-state index contributed by atoms with van der Waals surface area (Å²) in [6.45, 7) is 1.95. The quantitative estimate of drug-likeness (QED) is 0.797. The van der Waals surface area contributed by atoms with Crippen LogP contribution < -0.4 is 0 Å². The summed E-state index contributed by atoms with van der Waals surface area (Å²) in [4.78, 5) is 3.90. The van der Waals surface area contributed by atoms with Crippen LogP contribution in [0.25, 0.3) is 0 Å². The van der Waals surface area contributed by atoms with Crippen molar-refractivity contribution >= 4 is 19.9 Å². The number of sulfonamides is 1. The zero-order valence-corrected chi connectivity index (χ0v) is 12.2. The molecule has 0 aliphatic carbocycles. The maximum absolute atomic E-state index is 12.5. The van der Waals surface area contributed by atoms with Gasteiger partial charge in [0.1, 0.15) is 4.90 Å². The third kappa shape index (κ3) is 2.96. The molecule has 6 nitrogen and oxygen atoms in total. The normalized spacial score (nSPS) is 22.7. The van der Waals surface area contributed by atoms with Gasteiger partial charge < -0.3 is 0 Å². The number of hydrogen-bond donors (Lipinski definition) is 0. The second-order valence-corrected chi connectivity index (χ2v) is 8.57. The lowest BCUT2D eigenvalue weighted by molar-refractivity contribution is 0.354. The third-order valence-corrected chi connectivity index (χ3v) is 6.93. The molecule has 0 saturated carbocycles. The van der Waals surface area contributed by atoms with Crippen molar-refractivity contribution in [2.45, 2.75) is 24.3 Å². The molecule has 19 heavy (non-hydrogen) atoms. The van der Waals surface area contributed by atoms with Gasteiger partial charge in [-0.05, 0) is 18.6 Å². The first-order chi connectivity index (χ1) is 8.87. The van der Waals surface area contributed by atoms with Crippen molar-refractivity contribution in [1.82, 2.24) is 9.29 Å². The molecular weight excluding hydrogens is 288 g/mol. The maximum Gasteiger partial charge on any atom is 0.244 e. The summed E-state index contributed by atoms with van der Waals surface area (Å²) < 4.78 is 49.1. The second-order valence-electron chi connectivity index (χ2n) is 4.45. The number of nitrogens with zero attached hydrogens (tertiary/aromatic N) is 2. The van der Waals surface area contributed by atoms with E-state index in [0.717, 1.165) is 0 Å². The minimum Gasteiger partial charge on any atom is -0.263 e. The summed E-state index contributed by atoms with van der Waals surface area (Å²) in [5, 5.41) is 0. The molecule has 0 radical (unpaired) electrons. The molecule has 0 unspecified atom stereocenters. The van der Waals surface area contributed by atoms with E-state index in [0.29, 0.717) is 6.42 Å². The van der Waals surface area contributed by atoms with Crippen LogP contribution in [-0.4, -0.2) is 50.2 Å². The highest BCUT2D eigenvalue weighted by Crippen LogP contribution is 2.24. The predicted molar refractivity (Wildman–Crippen MR) is 70.9 cm³/mol. The summed E-state index contributed by atoms with van der Waals surface area (Å²) in [5.74, 6) is -0.0446. The Morgan fingerprint density at radius 3 is 2.68 bits per heavy atom. The van der Waals surface area contributed by atoms with Crippen LogP contribution in [0.1, 0.15) is 13.3 Å². The van der Waals surface area contributed by atoms with E-state index in [1.54, 1.807) is 13.0 Å². The molecule has 0 N–H and O–H groups in total. The van der Waals surface area contributed by atoms with E-state index in [-0.39, 0.29) is 22.9 Å². The average Bonchev–Trinajstić information content (AvgIpc) is 2.71. The van der Waals surface area contributed by atoms with Gasteiger partial charge in [-0.2, -0.15) is 4.31 Å². The Morgan fingerprint density at radius 2 is 2.21 bits per heavy atom. The van der Waals surface area contributed by atoms with Gasteiger partial charge in [0.2, 0.25) is 10.0 Å². The molecule has 1 aromatic rings. The first-order valence-electron chi connectivity index (χ1n) is 5.99. The Bertz CT molecular complexity index is 641. The predicted octanol–water partition coefficient (Wildman–Crippen LogP) is 0.279. The summed E-state index contributed by atoms with van der Waals surface area (Å²) in [7, 11) is -6.79. The van der Waals surface area contributed by atoms with E-state index >= 15 is 0 Å². The van der Waals surface area contributed by atoms with Crippen LogP contribution in [0.4, 0.5) is 0 Å². The van der Waals surface area contributed by atoms with Gasteiger partial charge in [-0.15, -0.1) is 0 Å². The first-order valence-corrected chi connectivity index (χ1v) is 9.25. The Hall–Kier alpha value is -0.990. The molecule has 8 heteroatoms. The van der Waals surface area contributed by atoms with Gasteiger partial charge in [0.25, 0.3) is 0 Å². The summed E-state index contributed by atoms with van der Waals surface area (Å²) in [6, 6.07) is 2.54. The lowest BCUT2D eigenvalue weighted by atomic mass is 10.3. The molecule has 1 aliphatic heterocycles. The van der Waals surface area contributed by atoms with Crippen LogP contribution in [0.3, 0.4) is 0 Å². The standard InChI is InChI=1S/C11H16N2O4S2/c1-2-13(10-5-7-18(14,15)9-10)19(16,17)11-4-3-6-12-8-11/h3-4,6,8,10H,2,5,7,9H2,1H3/t10-/m1/s1. The monoisotopic (exact) mass is 304 g/mol. The lowest BCUT2D eigenvalue weighted by Gasteiger charge is -2.25. The molecule has 1 aliphatic rings. The highest BCUT2D eigenvalue weighted by Gasteiger charge is 2.37. The largest absolute Gasteiger partial charge is 0.263 e. The zero-order chi connectivity index (χ0) is 14.1. The van der Waals surface area contributed by atoms with Gasteiger partial charge in [-0.3, -0.25) is 4.98 Å². The number of aromatic nitrogens is 1.